The second-order valence-electron chi connectivity index (χ2n) is 6.19. The van der Waals surface area contributed by atoms with Crippen LogP contribution in [0.25, 0.3) is 0 Å². The van der Waals surface area contributed by atoms with Crippen LogP contribution in [0.4, 0.5) is 4.39 Å². The second kappa shape index (κ2) is 7.14. The van der Waals surface area contributed by atoms with Gasteiger partial charge in [0, 0.05) is 43.2 Å². The molecule has 8 heteroatoms. The van der Waals surface area contributed by atoms with Crippen molar-refractivity contribution in [3.05, 3.63) is 46.4 Å². The molecule has 0 saturated carbocycles. The molecule has 3 rings (SSSR count). The van der Waals surface area contributed by atoms with Gasteiger partial charge in [-0.05, 0) is 25.2 Å². The summed E-state index contributed by atoms with van der Waals surface area (Å²) < 4.78 is 19.3. The van der Waals surface area contributed by atoms with Gasteiger partial charge in [-0.2, -0.15) is 0 Å². The van der Waals surface area contributed by atoms with Crippen LogP contribution in [0.5, 0.6) is 0 Å². The highest BCUT2D eigenvalue weighted by Gasteiger charge is 2.34. The predicted octanol–water partition coefficient (Wildman–Crippen LogP) is 1.85. The van der Waals surface area contributed by atoms with Crippen LogP contribution in [-0.2, 0) is 13.1 Å². The first-order chi connectivity index (χ1) is 11.4. The first kappa shape index (κ1) is 17.3. The third-order valence-electron chi connectivity index (χ3n) is 4.26. The van der Waals surface area contributed by atoms with Crippen molar-refractivity contribution in [2.75, 3.05) is 20.1 Å². The molecule has 1 aromatic heterocycles. The maximum Gasteiger partial charge on any atom is 0.230 e. The number of benzene rings is 1. The summed E-state index contributed by atoms with van der Waals surface area (Å²) in [5.74, 6) is 0.747. The number of likely N-dealkylation sites (N-methyl/N-ethyl adjacent to an activating group) is 1. The number of hydrogen-bond acceptors (Lipinski definition) is 6. The fraction of sp³-hybridized carbons (Fsp3) is 0.500. The molecule has 1 fully saturated rings. The van der Waals surface area contributed by atoms with Crippen LogP contribution in [0.1, 0.15) is 17.3 Å². The van der Waals surface area contributed by atoms with Crippen molar-refractivity contribution in [3.8, 4) is 0 Å². The lowest BCUT2D eigenvalue weighted by molar-refractivity contribution is 0.0898. The molecule has 1 unspecified atom stereocenters. The van der Waals surface area contributed by atoms with E-state index >= 15 is 0 Å². The normalized spacial score (nSPS) is 21.8. The van der Waals surface area contributed by atoms with E-state index < -0.39 is 6.10 Å². The summed E-state index contributed by atoms with van der Waals surface area (Å²) >= 11 is 5.94. The Morgan fingerprint density at radius 1 is 1.42 bits per heavy atom. The van der Waals surface area contributed by atoms with E-state index in [1.54, 1.807) is 13.0 Å². The van der Waals surface area contributed by atoms with E-state index in [-0.39, 0.29) is 11.9 Å². The first-order valence-electron chi connectivity index (χ1n) is 7.76. The fourth-order valence-corrected chi connectivity index (χ4v) is 3.24. The summed E-state index contributed by atoms with van der Waals surface area (Å²) in [6.07, 6.45) is -0.527. The maximum atomic E-state index is 13.9. The first-order valence-corrected chi connectivity index (χ1v) is 8.13. The molecule has 24 heavy (non-hydrogen) atoms. The molecule has 1 saturated heterocycles. The van der Waals surface area contributed by atoms with Gasteiger partial charge in [0.15, 0.2) is 0 Å². The average Bonchev–Trinajstić information content (AvgIpc) is 3.09. The molecule has 0 bridgehead atoms. The quantitative estimate of drug-likeness (QED) is 0.884. The maximum absolute atomic E-state index is 13.9. The van der Waals surface area contributed by atoms with Gasteiger partial charge in [0.1, 0.15) is 5.82 Å². The molecule has 0 radical (unpaired) electrons. The highest BCUT2D eigenvalue weighted by molar-refractivity contribution is 6.30. The van der Waals surface area contributed by atoms with E-state index in [9.17, 15) is 9.50 Å². The van der Waals surface area contributed by atoms with Crippen molar-refractivity contribution in [1.29, 1.82) is 0 Å². The minimum Gasteiger partial charge on any atom is -0.424 e. The lowest BCUT2D eigenvalue weighted by atomic mass is 10.2. The SMILES string of the molecule is Cc1nnc(CN(C)C2CN(Cc3cc(Cl)ccc3F)C[C@H]2O)o1. The Balaban J connectivity index is 1.62. The third-order valence-corrected chi connectivity index (χ3v) is 4.49. The number of likely N-dealkylation sites (tertiary alicyclic amines) is 1. The summed E-state index contributed by atoms with van der Waals surface area (Å²) in [6, 6.07) is 4.44. The van der Waals surface area contributed by atoms with Crippen LogP contribution >= 0.6 is 11.6 Å². The molecule has 1 N–H and O–H groups in total. The molecular formula is C16H20ClFN4O2. The van der Waals surface area contributed by atoms with Gasteiger partial charge in [-0.3, -0.25) is 9.80 Å². The fourth-order valence-electron chi connectivity index (χ4n) is 3.05. The molecular weight excluding hydrogens is 335 g/mol. The summed E-state index contributed by atoms with van der Waals surface area (Å²) in [6.45, 7) is 3.71. The number of halogens is 2. The molecule has 2 aromatic rings. The Bertz CT molecular complexity index is 711. The molecule has 6 nitrogen and oxygen atoms in total. The van der Waals surface area contributed by atoms with Crippen LogP contribution in [0.3, 0.4) is 0 Å². The minimum atomic E-state index is -0.527. The molecule has 0 aliphatic carbocycles. The predicted molar refractivity (Wildman–Crippen MR) is 87.0 cm³/mol. The zero-order valence-electron chi connectivity index (χ0n) is 13.6. The average molecular weight is 355 g/mol. The summed E-state index contributed by atoms with van der Waals surface area (Å²) in [4.78, 5) is 3.99. The topological polar surface area (TPSA) is 65.6 Å². The van der Waals surface area contributed by atoms with E-state index in [1.165, 1.54) is 12.1 Å². The van der Waals surface area contributed by atoms with E-state index in [4.69, 9.17) is 16.0 Å². The van der Waals surface area contributed by atoms with Gasteiger partial charge >= 0.3 is 0 Å². The van der Waals surface area contributed by atoms with Crippen molar-refractivity contribution in [1.82, 2.24) is 20.0 Å². The van der Waals surface area contributed by atoms with Gasteiger partial charge in [-0.15, -0.1) is 10.2 Å². The molecule has 1 aromatic carbocycles. The Labute approximate surface area is 144 Å². The zero-order chi connectivity index (χ0) is 17.3. The summed E-state index contributed by atoms with van der Waals surface area (Å²) in [7, 11) is 1.90. The lowest BCUT2D eigenvalue weighted by Gasteiger charge is -2.25. The highest BCUT2D eigenvalue weighted by Crippen LogP contribution is 2.22. The van der Waals surface area contributed by atoms with E-state index in [0.29, 0.717) is 48.5 Å². The lowest BCUT2D eigenvalue weighted by Crippen LogP contribution is -2.40. The Morgan fingerprint density at radius 2 is 2.21 bits per heavy atom. The monoisotopic (exact) mass is 354 g/mol. The van der Waals surface area contributed by atoms with Crippen LogP contribution in [0, 0.1) is 12.7 Å². The van der Waals surface area contributed by atoms with E-state index in [0.717, 1.165) is 0 Å². The van der Waals surface area contributed by atoms with Gasteiger partial charge in [-0.1, -0.05) is 11.6 Å². The highest BCUT2D eigenvalue weighted by atomic mass is 35.5. The number of aliphatic hydroxyl groups is 1. The molecule has 1 aliphatic rings. The Morgan fingerprint density at radius 3 is 2.92 bits per heavy atom. The Hall–Kier alpha value is -1.54. The van der Waals surface area contributed by atoms with Crippen molar-refractivity contribution < 1.29 is 13.9 Å². The standard InChI is InChI=1S/C16H20ClFN4O2/c1-10-19-20-16(24-10)9-21(2)14-7-22(8-15(14)23)6-11-5-12(17)3-4-13(11)18/h3-5,14-15,23H,6-9H2,1-2H3/t14?,15-/m1/s1. The minimum absolute atomic E-state index is 0.0838. The van der Waals surface area contributed by atoms with Crippen molar-refractivity contribution in [2.24, 2.45) is 0 Å². The van der Waals surface area contributed by atoms with Gasteiger partial charge in [0.25, 0.3) is 0 Å². The number of hydrogen-bond donors (Lipinski definition) is 1. The van der Waals surface area contributed by atoms with Crippen molar-refractivity contribution in [3.63, 3.8) is 0 Å². The van der Waals surface area contributed by atoms with Crippen molar-refractivity contribution >= 4 is 11.6 Å². The largest absolute Gasteiger partial charge is 0.424 e. The Kier molecular flexibility index (Phi) is 5.15. The molecule has 130 valence electrons. The molecule has 0 spiro atoms. The zero-order valence-corrected chi connectivity index (χ0v) is 14.4. The number of aliphatic hydroxyl groups excluding tert-OH is 1. The number of nitrogens with zero attached hydrogens (tertiary/aromatic N) is 4. The van der Waals surface area contributed by atoms with E-state index in [2.05, 4.69) is 10.2 Å². The van der Waals surface area contributed by atoms with E-state index in [1.807, 2.05) is 16.8 Å². The molecule has 0 amide bonds. The third kappa shape index (κ3) is 3.92. The smallest absolute Gasteiger partial charge is 0.230 e. The summed E-state index contributed by atoms with van der Waals surface area (Å²) in [5, 5.41) is 18.6. The van der Waals surface area contributed by atoms with Crippen molar-refractivity contribution in [2.45, 2.75) is 32.2 Å². The molecule has 2 atom stereocenters. The number of aromatic nitrogens is 2. The molecule has 1 aliphatic heterocycles. The van der Waals surface area contributed by atoms with Gasteiger partial charge in [0.05, 0.1) is 12.6 Å². The number of rotatable bonds is 5. The number of aryl methyl sites for hydroxylation is 1. The van der Waals surface area contributed by atoms with Gasteiger partial charge in [0.2, 0.25) is 11.8 Å². The number of β-amino-alcohol motifs (C(OH)–C–C–N with tert-alkyl or cyclic N) is 1. The van der Waals surface area contributed by atoms with Gasteiger partial charge in [-0.25, -0.2) is 4.39 Å². The summed E-state index contributed by atoms with van der Waals surface area (Å²) in [5.41, 5.74) is 0.533. The van der Waals surface area contributed by atoms with Crippen LogP contribution in [0.2, 0.25) is 5.02 Å². The second-order valence-corrected chi connectivity index (χ2v) is 6.63. The molecule has 2 heterocycles. The van der Waals surface area contributed by atoms with Gasteiger partial charge < -0.3 is 9.52 Å². The van der Waals surface area contributed by atoms with Crippen LogP contribution < -0.4 is 0 Å². The van der Waals surface area contributed by atoms with Crippen LogP contribution in [-0.4, -0.2) is 57.4 Å². The van der Waals surface area contributed by atoms with Crippen LogP contribution in [0.15, 0.2) is 22.6 Å².